The van der Waals surface area contributed by atoms with Gasteiger partial charge < -0.3 is 9.64 Å². The minimum absolute atomic E-state index is 0.0165. The second kappa shape index (κ2) is 7.27. The molecule has 1 aliphatic heterocycles. The molecule has 0 spiro atoms. The molecule has 1 amide bonds. The molecule has 2 aromatic rings. The predicted molar refractivity (Wildman–Crippen MR) is 90.7 cm³/mol. The fraction of sp³-hybridized carbons (Fsp3) is 0.312. The van der Waals surface area contributed by atoms with E-state index in [2.05, 4.69) is 25.9 Å². The molecule has 1 aliphatic rings. The van der Waals surface area contributed by atoms with Crippen LogP contribution in [0.25, 0.3) is 0 Å². The second-order valence-electron chi connectivity index (χ2n) is 5.32. The Hall–Kier alpha value is -1.66. The summed E-state index contributed by atoms with van der Waals surface area (Å²) in [7, 11) is 0. The zero-order valence-corrected chi connectivity index (χ0v) is 14.6. The topological polar surface area (TPSA) is 55.3 Å². The van der Waals surface area contributed by atoms with Crippen LogP contribution in [0.15, 0.2) is 41.1 Å². The van der Waals surface area contributed by atoms with Crippen LogP contribution in [0.4, 0.5) is 0 Å². The average Bonchev–Trinajstić information content (AvgIpc) is 2.57. The van der Waals surface area contributed by atoms with E-state index < -0.39 is 0 Å². The Balaban J connectivity index is 1.64. The van der Waals surface area contributed by atoms with Gasteiger partial charge >= 0.3 is 6.01 Å². The minimum atomic E-state index is -0.107. The molecule has 1 unspecified atom stereocenters. The van der Waals surface area contributed by atoms with Gasteiger partial charge in [0.25, 0.3) is 5.91 Å². The molecule has 1 atom stereocenters. The number of piperidine rings is 1. The normalized spacial score (nSPS) is 17.8. The highest BCUT2D eigenvalue weighted by atomic mass is 79.9. The quantitative estimate of drug-likeness (QED) is 0.796. The highest BCUT2D eigenvalue weighted by molar-refractivity contribution is 9.10. The fourth-order valence-electron chi connectivity index (χ4n) is 2.50. The van der Waals surface area contributed by atoms with Crippen molar-refractivity contribution in [2.24, 2.45) is 0 Å². The number of aromatic nitrogens is 2. The van der Waals surface area contributed by atoms with Crippen molar-refractivity contribution in [2.75, 3.05) is 13.1 Å². The summed E-state index contributed by atoms with van der Waals surface area (Å²) >= 11 is 9.14. The Kier molecular flexibility index (Phi) is 5.13. The number of likely N-dealkylation sites (tertiary alicyclic amines) is 1. The smallest absolute Gasteiger partial charge is 0.316 e. The molecule has 2 heterocycles. The van der Waals surface area contributed by atoms with Gasteiger partial charge in [-0.3, -0.25) is 4.79 Å². The number of carbonyl (C=O) groups excluding carboxylic acids is 1. The van der Waals surface area contributed by atoms with Crippen molar-refractivity contribution in [1.82, 2.24) is 14.9 Å². The first-order valence-electron chi connectivity index (χ1n) is 7.31. The molecule has 1 aromatic heterocycles. The maximum absolute atomic E-state index is 12.6. The van der Waals surface area contributed by atoms with Gasteiger partial charge in [0.1, 0.15) is 6.10 Å². The van der Waals surface area contributed by atoms with Gasteiger partial charge in [-0.15, -0.1) is 0 Å². The van der Waals surface area contributed by atoms with Crippen LogP contribution in [0.5, 0.6) is 6.01 Å². The van der Waals surface area contributed by atoms with Crippen LogP contribution < -0.4 is 4.74 Å². The number of hydrogen-bond donors (Lipinski definition) is 0. The van der Waals surface area contributed by atoms with E-state index >= 15 is 0 Å². The van der Waals surface area contributed by atoms with E-state index in [-0.39, 0.29) is 18.0 Å². The largest absolute Gasteiger partial charge is 0.458 e. The molecular formula is C16H15BrClN3O2. The Labute approximate surface area is 147 Å². The summed E-state index contributed by atoms with van der Waals surface area (Å²) < 4.78 is 6.72. The summed E-state index contributed by atoms with van der Waals surface area (Å²) in [6.45, 7) is 1.26. The SMILES string of the molecule is O=C(c1ccc(Br)cc1)N1CCCC(Oc2ncc(Cl)cn2)C1. The van der Waals surface area contributed by atoms with Crippen LogP contribution in [0.2, 0.25) is 5.02 Å². The van der Waals surface area contributed by atoms with Crippen molar-refractivity contribution in [3.63, 3.8) is 0 Å². The van der Waals surface area contributed by atoms with Crippen molar-refractivity contribution < 1.29 is 9.53 Å². The van der Waals surface area contributed by atoms with Gasteiger partial charge in [0.2, 0.25) is 0 Å². The molecule has 3 rings (SSSR count). The third-order valence-electron chi connectivity index (χ3n) is 3.63. The van der Waals surface area contributed by atoms with Crippen molar-refractivity contribution in [3.05, 3.63) is 51.7 Å². The zero-order chi connectivity index (χ0) is 16.2. The van der Waals surface area contributed by atoms with Crippen LogP contribution >= 0.6 is 27.5 Å². The molecule has 0 radical (unpaired) electrons. The predicted octanol–water partition coefficient (Wildman–Crippen LogP) is 3.58. The van der Waals surface area contributed by atoms with Crippen LogP contribution in [0, 0.1) is 0 Å². The van der Waals surface area contributed by atoms with Gasteiger partial charge in [0, 0.05) is 16.6 Å². The summed E-state index contributed by atoms with van der Waals surface area (Å²) in [5, 5.41) is 0.466. The summed E-state index contributed by atoms with van der Waals surface area (Å²) in [6, 6.07) is 7.66. The fourth-order valence-corrected chi connectivity index (χ4v) is 2.87. The lowest BCUT2D eigenvalue weighted by Gasteiger charge is -2.32. The van der Waals surface area contributed by atoms with Gasteiger partial charge in [-0.05, 0) is 37.1 Å². The lowest BCUT2D eigenvalue weighted by atomic mass is 10.1. The Bertz CT molecular complexity index is 679. The first kappa shape index (κ1) is 16.2. The summed E-state index contributed by atoms with van der Waals surface area (Å²) in [5.41, 5.74) is 0.677. The Morgan fingerprint density at radius 1 is 1.26 bits per heavy atom. The number of carbonyl (C=O) groups is 1. The van der Waals surface area contributed by atoms with Gasteiger partial charge in [-0.2, -0.15) is 0 Å². The molecule has 0 N–H and O–H groups in total. The zero-order valence-electron chi connectivity index (χ0n) is 12.3. The van der Waals surface area contributed by atoms with Crippen molar-refractivity contribution >= 4 is 33.4 Å². The van der Waals surface area contributed by atoms with Gasteiger partial charge in [-0.25, -0.2) is 9.97 Å². The summed E-state index contributed by atoms with van der Waals surface area (Å²) in [5.74, 6) is 0.0165. The first-order chi connectivity index (χ1) is 11.1. The maximum atomic E-state index is 12.6. The number of benzene rings is 1. The van der Waals surface area contributed by atoms with E-state index in [0.717, 1.165) is 23.9 Å². The number of nitrogens with zero attached hydrogens (tertiary/aromatic N) is 3. The van der Waals surface area contributed by atoms with Crippen LogP contribution in [-0.4, -0.2) is 40.0 Å². The number of amides is 1. The highest BCUT2D eigenvalue weighted by Crippen LogP contribution is 2.19. The Morgan fingerprint density at radius 3 is 2.65 bits per heavy atom. The summed E-state index contributed by atoms with van der Waals surface area (Å²) in [4.78, 5) is 22.4. The van der Waals surface area contributed by atoms with E-state index in [1.165, 1.54) is 12.4 Å². The van der Waals surface area contributed by atoms with E-state index in [1.807, 2.05) is 29.2 Å². The third kappa shape index (κ3) is 4.20. The lowest BCUT2D eigenvalue weighted by molar-refractivity contribution is 0.0516. The Morgan fingerprint density at radius 2 is 1.96 bits per heavy atom. The van der Waals surface area contributed by atoms with Crippen molar-refractivity contribution in [3.8, 4) is 6.01 Å². The molecule has 0 aliphatic carbocycles. The number of ether oxygens (including phenoxy) is 1. The third-order valence-corrected chi connectivity index (χ3v) is 4.35. The van der Waals surface area contributed by atoms with Crippen LogP contribution in [0.3, 0.4) is 0 Å². The molecule has 1 saturated heterocycles. The monoisotopic (exact) mass is 395 g/mol. The number of rotatable bonds is 3. The maximum Gasteiger partial charge on any atom is 0.316 e. The average molecular weight is 397 g/mol. The standard InChI is InChI=1S/C16H15BrClN3O2/c17-12-5-3-11(4-6-12)15(22)21-7-1-2-14(10-21)23-16-19-8-13(18)9-20-16/h3-6,8-9,14H,1-2,7,10H2. The van der Waals surface area contributed by atoms with Gasteiger partial charge in [0.15, 0.2) is 0 Å². The molecule has 120 valence electrons. The minimum Gasteiger partial charge on any atom is -0.458 e. The van der Waals surface area contributed by atoms with Gasteiger partial charge in [0.05, 0.1) is 24.0 Å². The first-order valence-corrected chi connectivity index (χ1v) is 8.48. The highest BCUT2D eigenvalue weighted by Gasteiger charge is 2.26. The van der Waals surface area contributed by atoms with Crippen LogP contribution in [0.1, 0.15) is 23.2 Å². The van der Waals surface area contributed by atoms with E-state index in [4.69, 9.17) is 16.3 Å². The van der Waals surface area contributed by atoms with E-state index in [1.54, 1.807) is 0 Å². The lowest BCUT2D eigenvalue weighted by Crippen LogP contribution is -2.44. The molecule has 5 nitrogen and oxygen atoms in total. The molecule has 0 bridgehead atoms. The second-order valence-corrected chi connectivity index (χ2v) is 6.68. The van der Waals surface area contributed by atoms with Crippen molar-refractivity contribution in [2.45, 2.75) is 18.9 Å². The van der Waals surface area contributed by atoms with E-state index in [9.17, 15) is 4.79 Å². The summed E-state index contributed by atoms with van der Waals surface area (Å²) in [6.07, 6.45) is 4.65. The number of hydrogen-bond acceptors (Lipinski definition) is 4. The molecule has 7 heteroatoms. The van der Waals surface area contributed by atoms with Gasteiger partial charge in [-0.1, -0.05) is 27.5 Å². The number of halogens is 2. The molecular weight excluding hydrogens is 382 g/mol. The van der Waals surface area contributed by atoms with E-state index in [0.29, 0.717) is 17.1 Å². The van der Waals surface area contributed by atoms with Crippen molar-refractivity contribution in [1.29, 1.82) is 0 Å². The molecule has 1 fully saturated rings. The molecule has 1 aromatic carbocycles. The molecule has 0 saturated carbocycles. The molecule has 23 heavy (non-hydrogen) atoms. The van der Waals surface area contributed by atoms with Crippen LogP contribution in [-0.2, 0) is 0 Å².